The highest BCUT2D eigenvalue weighted by molar-refractivity contribution is 7.07. The number of hydrogen-bond donors (Lipinski definition) is 1. The van der Waals surface area contributed by atoms with Crippen LogP contribution in [0.25, 0.3) is 0 Å². The molecule has 0 spiro atoms. The second-order valence-electron chi connectivity index (χ2n) is 5.07. The van der Waals surface area contributed by atoms with Crippen LogP contribution in [0.4, 0.5) is 0 Å². The smallest absolute Gasteiger partial charge is 0.0212 e. The normalized spacial score (nSPS) is 26.1. The Labute approximate surface area is 89.3 Å². The molecule has 1 nitrogen and oxygen atoms in total. The summed E-state index contributed by atoms with van der Waals surface area (Å²) in [6.07, 6.45) is 7.87. The van der Waals surface area contributed by atoms with Crippen LogP contribution in [0.2, 0.25) is 0 Å². The summed E-state index contributed by atoms with van der Waals surface area (Å²) in [7, 11) is 0. The Bertz CT molecular complexity index is 320. The number of aryl methyl sites for hydroxylation is 1. The van der Waals surface area contributed by atoms with Crippen LogP contribution in [0.3, 0.4) is 0 Å². The van der Waals surface area contributed by atoms with Crippen molar-refractivity contribution in [2.45, 2.75) is 44.1 Å². The minimum Gasteiger partial charge on any atom is -0.325 e. The van der Waals surface area contributed by atoms with Gasteiger partial charge in [-0.3, -0.25) is 0 Å². The molecule has 76 valence electrons. The third kappa shape index (κ3) is 1.32. The van der Waals surface area contributed by atoms with Crippen LogP contribution in [0.1, 0.15) is 37.7 Å². The summed E-state index contributed by atoms with van der Waals surface area (Å²) in [4.78, 5) is 0. The van der Waals surface area contributed by atoms with E-state index in [1.807, 2.05) is 0 Å². The van der Waals surface area contributed by atoms with E-state index < -0.39 is 0 Å². The second kappa shape index (κ2) is 2.83. The van der Waals surface area contributed by atoms with Gasteiger partial charge in [0.05, 0.1) is 0 Å². The summed E-state index contributed by atoms with van der Waals surface area (Å²) < 4.78 is 0. The number of hydrogen-bond acceptors (Lipinski definition) is 2. The average Bonchev–Trinajstić information content (AvgIpc) is 3.07. The van der Waals surface area contributed by atoms with Crippen LogP contribution in [0.5, 0.6) is 0 Å². The molecule has 2 fully saturated rings. The van der Waals surface area contributed by atoms with Gasteiger partial charge in [-0.05, 0) is 66.3 Å². The van der Waals surface area contributed by atoms with Crippen molar-refractivity contribution in [3.8, 4) is 0 Å². The van der Waals surface area contributed by atoms with Gasteiger partial charge in [-0.2, -0.15) is 11.3 Å². The summed E-state index contributed by atoms with van der Waals surface area (Å²) >= 11 is 1.80. The summed E-state index contributed by atoms with van der Waals surface area (Å²) in [5, 5.41) is 4.44. The fourth-order valence-corrected chi connectivity index (χ4v) is 3.33. The summed E-state index contributed by atoms with van der Waals surface area (Å²) in [5.74, 6) is 0. The van der Waals surface area contributed by atoms with E-state index in [0.29, 0.717) is 5.41 Å². The van der Waals surface area contributed by atoms with E-state index in [2.05, 4.69) is 16.8 Å². The first kappa shape index (κ1) is 8.93. The molecule has 1 heterocycles. The number of thiophene rings is 1. The van der Waals surface area contributed by atoms with Crippen molar-refractivity contribution in [2.24, 2.45) is 11.1 Å². The maximum atomic E-state index is 6.33. The largest absolute Gasteiger partial charge is 0.325 e. The van der Waals surface area contributed by atoms with Crippen LogP contribution in [0.15, 0.2) is 16.8 Å². The molecule has 2 aliphatic carbocycles. The average molecular weight is 207 g/mol. The molecule has 0 atom stereocenters. The van der Waals surface area contributed by atoms with Crippen molar-refractivity contribution < 1.29 is 0 Å². The Balaban J connectivity index is 1.63. The van der Waals surface area contributed by atoms with Crippen molar-refractivity contribution in [1.82, 2.24) is 0 Å². The Morgan fingerprint density at radius 1 is 1.29 bits per heavy atom. The molecule has 14 heavy (non-hydrogen) atoms. The fourth-order valence-electron chi connectivity index (χ4n) is 2.63. The highest BCUT2D eigenvalue weighted by Crippen LogP contribution is 2.64. The molecule has 0 saturated heterocycles. The van der Waals surface area contributed by atoms with E-state index in [0.717, 1.165) is 0 Å². The van der Waals surface area contributed by atoms with Crippen molar-refractivity contribution >= 4 is 11.3 Å². The molecule has 0 aliphatic heterocycles. The topological polar surface area (TPSA) is 26.0 Å². The zero-order valence-corrected chi connectivity index (χ0v) is 9.28. The standard InChI is InChI=1S/C12H17NS/c13-12(6-7-12)11(4-5-11)3-1-10-2-8-14-9-10/h2,8-9H,1,3-7,13H2. The van der Waals surface area contributed by atoms with Crippen molar-refractivity contribution in [2.75, 3.05) is 0 Å². The van der Waals surface area contributed by atoms with E-state index in [9.17, 15) is 0 Å². The lowest BCUT2D eigenvalue weighted by molar-refractivity contribution is 0.352. The van der Waals surface area contributed by atoms with Gasteiger partial charge in [0.25, 0.3) is 0 Å². The monoisotopic (exact) mass is 207 g/mol. The molecule has 2 saturated carbocycles. The third-order valence-electron chi connectivity index (χ3n) is 4.17. The first-order chi connectivity index (χ1) is 6.74. The van der Waals surface area contributed by atoms with Gasteiger partial charge >= 0.3 is 0 Å². The van der Waals surface area contributed by atoms with Gasteiger partial charge in [-0.25, -0.2) is 0 Å². The quantitative estimate of drug-likeness (QED) is 0.807. The zero-order chi connectivity index (χ0) is 9.65. The van der Waals surface area contributed by atoms with Gasteiger partial charge in [-0.1, -0.05) is 0 Å². The molecule has 2 N–H and O–H groups in total. The molecule has 0 unspecified atom stereocenters. The minimum atomic E-state index is 0.253. The van der Waals surface area contributed by atoms with Gasteiger partial charge in [0, 0.05) is 5.54 Å². The van der Waals surface area contributed by atoms with Crippen LogP contribution < -0.4 is 5.73 Å². The lowest BCUT2D eigenvalue weighted by Gasteiger charge is -2.22. The first-order valence-corrected chi connectivity index (χ1v) is 6.48. The molecule has 2 aliphatic rings. The lowest BCUT2D eigenvalue weighted by Crippen LogP contribution is -2.34. The molecular formula is C12H17NS. The SMILES string of the molecule is NC1(C2(CCc3ccsc3)CC2)CC1. The van der Waals surface area contributed by atoms with Crippen LogP contribution >= 0.6 is 11.3 Å². The van der Waals surface area contributed by atoms with E-state index >= 15 is 0 Å². The summed E-state index contributed by atoms with van der Waals surface area (Å²) in [6, 6.07) is 2.25. The predicted molar refractivity (Wildman–Crippen MR) is 60.5 cm³/mol. The fraction of sp³-hybridized carbons (Fsp3) is 0.667. The number of nitrogens with two attached hydrogens (primary N) is 1. The molecule has 1 aromatic heterocycles. The maximum absolute atomic E-state index is 6.33. The highest BCUT2D eigenvalue weighted by Gasteiger charge is 2.62. The van der Waals surface area contributed by atoms with Crippen LogP contribution in [-0.4, -0.2) is 5.54 Å². The Morgan fingerprint density at radius 3 is 2.57 bits per heavy atom. The molecule has 0 bridgehead atoms. The summed E-state index contributed by atoms with van der Waals surface area (Å²) in [5.41, 5.74) is 8.64. The minimum absolute atomic E-state index is 0.253. The van der Waals surface area contributed by atoms with E-state index in [1.54, 1.807) is 11.3 Å². The van der Waals surface area contributed by atoms with E-state index in [-0.39, 0.29) is 5.54 Å². The lowest BCUT2D eigenvalue weighted by atomic mass is 9.88. The van der Waals surface area contributed by atoms with Gasteiger partial charge in [-0.15, -0.1) is 0 Å². The predicted octanol–water partition coefficient (Wildman–Crippen LogP) is 2.95. The van der Waals surface area contributed by atoms with Crippen LogP contribution in [-0.2, 0) is 6.42 Å². The first-order valence-electron chi connectivity index (χ1n) is 5.54. The molecule has 1 aromatic rings. The van der Waals surface area contributed by atoms with Crippen molar-refractivity contribution in [1.29, 1.82) is 0 Å². The van der Waals surface area contributed by atoms with Gasteiger partial charge < -0.3 is 5.73 Å². The Hall–Kier alpha value is -0.340. The molecule has 2 heteroatoms. The summed E-state index contributed by atoms with van der Waals surface area (Å²) in [6.45, 7) is 0. The molecule has 3 rings (SSSR count). The van der Waals surface area contributed by atoms with Gasteiger partial charge in [0.1, 0.15) is 0 Å². The van der Waals surface area contributed by atoms with Crippen molar-refractivity contribution in [3.63, 3.8) is 0 Å². The molecule has 0 amide bonds. The van der Waals surface area contributed by atoms with Crippen LogP contribution in [0, 0.1) is 5.41 Å². The van der Waals surface area contributed by atoms with E-state index in [1.165, 1.54) is 44.1 Å². The van der Waals surface area contributed by atoms with Crippen molar-refractivity contribution in [3.05, 3.63) is 22.4 Å². The van der Waals surface area contributed by atoms with E-state index in [4.69, 9.17) is 5.73 Å². The second-order valence-corrected chi connectivity index (χ2v) is 5.85. The Morgan fingerprint density at radius 2 is 2.07 bits per heavy atom. The Kier molecular flexibility index (Phi) is 1.80. The highest BCUT2D eigenvalue weighted by atomic mass is 32.1. The third-order valence-corrected chi connectivity index (χ3v) is 4.90. The van der Waals surface area contributed by atoms with Gasteiger partial charge in [0.2, 0.25) is 0 Å². The molecule has 0 aromatic carbocycles. The maximum Gasteiger partial charge on any atom is 0.0212 e. The zero-order valence-electron chi connectivity index (χ0n) is 8.46. The molecule has 0 radical (unpaired) electrons. The number of rotatable bonds is 4. The van der Waals surface area contributed by atoms with Gasteiger partial charge in [0.15, 0.2) is 0 Å². The molecular weight excluding hydrogens is 190 g/mol.